The summed E-state index contributed by atoms with van der Waals surface area (Å²) in [4.78, 5) is 6.62. The first-order valence-corrected chi connectivity index (χ1v) is 7.06. The van der Waals surface area contributed by atoms with Crippen molar-refractivity contribution in [3.05, 3.63) is 30.1 Å². The summed E-state index contributed by atoms with van der Waals surface area (Å²) in [7, 11) is 0. The average Bonchev–Trinajstić information content (AvgIpc) is 2.41. The van der Waals surface area contributed by atoms with Crippen molar-refractivity contribution in [1.29, 1.82) is 0 Å². The number of hydrogen-bond donors (Lipinski definition) is 1. The number of aromatic nitrogens is 1. The standard InChI is InChI=1S/C15H25N3/c1-12(2)13-5-9-18(10-6-13)15(11-16)14-3-7-17-8-4-14/h3-4,7-8,12-13,15H,5-6,9-11,16H2,1-2H3. The van der Waals surface area contributed by atoms with Gasteiger partial charge in [-0.2, -0.15) is 0 Å². The molecule has 1 saturated heterocycles. The molecule has 1 aliphatic rings. The molecule has 0 saturated carbocycles. The second-order valence-electron chi connectivity index (χ2n) is 5.65. The number of likely N-dealkylation sites (tertiary alicyclic amines) is 1. The van der Waals surface area contributed by atoms with Gasteiger partial charge in [-0.25, -0.2) is 0 Å². The Morgan fingerprint density at radius 1 is 1.28 bits per heavy atom. The lowest BCUT2D eigenvalue weighted by Crippen LogP contribution is -2.40. The van der Waals surface area contributed by atoms with E-state index < -0.39 is 0 Å². The number of piperidine rings is 1. The summed E-state index contributed by atoms with van der Waals surface area (Å²) in [6, 6.07) is 4.54. The molecule has 1 atom stereocenters. The molecule has 0 aliphatic carbocycles. The second-order valence-corrected chi connectivity index (χ2v) is 5.65. The number of hydrogen-bond acceptors (Lipinski definition) is 3. The Morgan fingerprint density at radius 2 is 1.89 bits per heavy atom. The fourth-order valence-electron chi connectivity index (χ4n) is 2.98. The molecule has 3 heteroatoms. The normalized spacial score (nSPS) is 20.2. The van der Waals surface area contributed by atoms with Crippen molar-refractivity contribution in [2.45, 2.75) is 32.7 Å². The Labute approximate surface area is 110 Å². The minimum Gasteiger partial charge on any atom is -0.329 e. The van der Waals surface area contributed by atoms with Crippen molar-refractivity contribution >= 4 is 0 Å². The van der Waals surface area contributed by atoms with Gasteiger partial charge in [0.15, 0.2) is 0 Å². The molecule has 0 bridgehead atoms. The van der Waals surface area contributed by atoms with Gasteiger partial charge in [0.05, 0.1) is 0 Å². The van der Waals surface area contributed by atoms with E-state index in [1.54, 1.807) is 0 Å². The van der Waals surface area contributed by atoms with Crippen LogP contribution >= 0.6 is 0 Å². The molecule has 18 heavy (non-hydrogen) atoms. The van der Waals surface area contributed by atoms with Crippen LogP contribution in [0.3, 0.4) is 0 Å². The van der Waals surface area contributed by atoms with Crippen LogP contribution in [0, 0.1) is 11.8 Å². The molecule has 1 unspecified atom stereocenters. The van der Waals surface area contributed by atoms with E-state index >= 15 is 0 Å². The second kappa shape index (κ2) is 6.30. The number of nitrogens with zero attached hydrogens (tertiary/aromatic N) is 2. The Morgan fingerprint density at radius 3 is 2.39 bits per heavy atom. The first-order valence-electron chi connectivity index (χ1n) is 7.06. The van der Waals surface area contributed by atoms with E-state index in [-0.39, 0.29) is 0 Å². The van der Waals surface area contributed by atoms with E-state index in [4.69, 9.17) is 5.73 Å². The fraction of sp³-hybridized carbons (Fsp3) is 0.667. The maximum atomic E-state index is 5.97. The SMILES string of the molecule is CC(C)C1CCN(C(CN)c2ccncc2)CC1. The zero-order valence-electron chi connectivity index (χ0n) is 11.5. The van der Waals surface area contributed by atoms with Crippen molar-refractivity contribution < 1.29 is 0 Å². The van der Waals surface area contributed by atoms with Gasteiger partial charge in [-0.05, 0) is 55.5 Å². The van der Waals surface area contributed by atoms with Crippen molar-refractivity contribution in [2.24, 2.45) is 17.6 Å². The summed E-state index contributed by atoms with van der Waals surface area (Å²) in [5, 5.41) is 0. The van der Waals surface area contributed by atoms with Crippen LogP contribution in [0.2, 0.25) is 0 Å². The Balaban J connectivity index is 1.99. The van der Waals surface area contributed by atoms with E-state index in [0.29, 0.717) is 12.6 Å². The van der Waals surface area contributed by atoms with Gasteiger partial charge in [-0.3, -0.25) is 9.88 Å². The van der Waals surface area contributed by atoms with Gasteiger partial charge in [0.25, 0.3) is 0 Å². The Hall–Kier alpha value is -0.930. The molecule has 1 aliphatic heterocycles. The minimum absolute atomic E-state index is 0.362. The van der Waals surface area contributed by atoms with Gasteiger partial charge in [0.1, 0.15) is 0 Å². The molecule has 2 rings (SSSR count). The maximum absolute atomic E-state index is 5.97. The first-order chi connectivity index (χ1) is 8.72. The van der Waals surface area contributed by atoms with Crippen LogP contribution < -0.4 is 5.73 Å². The maximum Gasteiger partial charge on any atom is 0.0471 e. The molecule has 0 spiro atoms. The van der Waals surface area contributed by atoms with Crippen molar-refractivity contribution in [3.8, 4) is 0 Å². The molecule has 0 aromatic carbocycles. The van der Waals surface area contributed by atoms with Gasteiger partial charge >= 0.3 is 0 Å². The predicted octanol–water partition coefficient (Wildman–Crippen LogP) is 2.45. The van der Waals surface area contributed by atoms with E-state index in [2.05, 4.69) is 35.9 Å². The molecule has 3 nitrogen and oxygen atoms in total. The highest BCUT2D eigenvalue weighted by Gasteiger charge is 2.26. The van der Waals surface area contributed by atoms with Gasteiger partial charge in [-0.1, -0.05) is 13.8 Å². The molecule has 100 valence electrons. The van der Waals surface area contributed by atoms with Crippen molar-refractivity contribution in [3.63, 3.8) is 0 Å². The van der Waals surface area contributed by atoms with Crippen LogP contribution in [-0.2, 0) is 0 Å². The van der Waals surface area contributed by atoms with E-state index in [1.807, 2.05) is 12.4 Å². The monoisotopic (exact) mass is 247 g/mol. The highest BCUT2D eigenvalue weighted by atomic mass is 15.2. The third-order valence-corrected chi connectivity index (χ3v) is 4.27. The Bertz CT molecular complexity index is 342. The smallest absolute Gasteiger partial charge is 0.0471 e. The predicted molar refractivity (Wildman–Crippen MR) is 75.2 cm³/mol. The molecular formula is C15H25N3. The van der Waals surface area contributed by atoms with Crippen LogP contribution in [-0.4, -0.2) is 29.5 Å². The average molecular weight is 247 g/mol. The molecule has 0 amide bonds. The van der Waals surface area contributed by atoms with Crippen molar-refractivity contribution in [1.82, 2.24) is 9.88 Å². The van der Waals surface area contributed by atoms with Gasteiger partial charge in [-0.15, -0.1) is 0 Å². The molecule has 1 aromatic heterocycles. The van der Waals surface area contributed by atoms with Crippen molar-refractivity contribution in [2.75, 3.05) is 19.6 Å². The zero-order chi connectivity index (χ0) is 13.0. The lowest BCUT2D eigenvalue weighted by molar-refractivity contribution is 0.117. The van der Waals surface area contributed by atoms with Gasteiger partial charge in [0.2, 0.25) is 0 Å². The largest absolute Gasteiger partial charge is 0.329 e. The lowest BCUT2D eigenvalue weighted by Gasteiger charge is -2.38. The van der Waals surface area contributed by atoms with Crippen LogP contribution in [0.1, 0.15) is 38.3 Å². The number of rotatable bonds is 4. The van der Waals surface area contributed by atoms with E-state index in [1.165, 1.54) is 31.5 Å². The third kappa shape index (κ3) is 3.09. The van der Waals surface area contributed by atoms with E-state index in [9.17, 15) is 0 Å². The quantitative estimate of drug-likeness (QED) is 0.888. The highest BCUT2D eigenvalue weighted by molar-refractivity contribution is 5.15. The van der Waals surface area contributed by atoms with Crippen LogP contribution in [0.25, 0.3) is 0 Å². The highest BCUT2D eigenvalue weighted by Crippen LogP contribution is 2.29. The summed E-state index contributed by atoms with van der Waals surface area (Å²) in [5.41, 5.74) is 7.27. The van der Waals surface area contributed by atoms with Crippen LogP contribution in [0.15, 0.2) is 24.5 Å². The summed E-state index contributed by atoms with van der Waals surface area (Å²) in [6.07, 6.45) is 6.33. The Kier molecular flexibility index (Phi) is 4.72. The molecule has 1 aromatic rings. The number of nitrogens with two attached hydrogens (primary N) is 1. The van der Waals surface area contributed by atoms with Crippen LogP contribution in [0.5, 0.6) is 0 Å². The molecule has 1 fully saturated rings. The van der Waals surface area contributed by atoms with E-state index in [0.717, 1.165) is 11.8 Å². The molecule has 0 radical (unpaired) electrons. The fourth-order valence-corrected chi connectivity index (χ4v) is 2.98. The van der Waals surface area contributed by atoms with Gasteiger partial charge in [0, 0.05) is 25.0 Å². The summed E-state index contributed by atoms with van der Waals surface area (Å²) in [5.74, 6) is 1.70. The summed E-state index contributed by atoms with van der Waals surface area (Å²) >= 11 is 0. The van der Waals surface area contributed by atoms with Crippen LogP contribution in [0.4, 0.5) is 0 Å². The van der Waals surface area contributed by atoms with Gasteiger partial charge < -0.3 is 5.73 Å². The molecule has 2 heterocycles. The topological polar surface area (TPSA) is 42.1 Å². The zero-order valence-corrected chi connectivity index (χ0v) is 11.5. The minimum atomic E-state index is 0.362. The third-order valence-electron chi connectivity index (χ3n) is 4.27. The number of pyridine rings is 1. The lowest BCUT2D eigenvalue weighted by atomic mass is 9.86. The first kappa shape index (κ1) is 13.5. The summed E-state index contributed by atoms with van der Waals surface area (Å²) in [6.45, 7) is 7.71. The molecular weight excluding hydrogens is 222 g/mol. The summed E-state index contributed by atoms with van der Waals surface area (Å²) < 4.78 is 0. The molecule has 2 N–H and O–H groups in total.